The van der Waals surface area contributed by atoms with Crippen molar-refractivity contribution in [3.63, 3.8) is 0 Å². The molecule has 0 bridgehead atoms. The average Bonchev–Trinajstić information content (AvgIpc) is 2.16. The summed E-state index contributed by atoms with van der Waals surface area (Å²) in [4.78, 5) is 32.8. The van der Waals surface area contributed by atoms with Crippen LogP contribution in [0, 0.1) is 0 Å². The highest BCUT2D eigenvalue weighted by Crippen LogP contribution is 1.94. The molecule has 1 heterocycles. The van der Waals surface area contributed by atoms with Gasteiger partial charge in [0.05, 0.1) is 13.0 Å². The third-order valence-corrected chi connectivity index (χ3v) is 2.20. The van der Waals surface area contributed by atoms with Gasteiger partial charge in [0.25, 0.3) is 0 Å². The average molecular weight is 229 g/mol. The van der Waals surface area contributed by atoms with Crippen molar-refractivity contribution in [2.45, 2.75) is 25.4 Å². The van der Waals surface area contributed by atoms with Crippen molar-refractivity contribution >= 4 is 17.8 Å². The zero-order chi connectivity index (χ0) is 12.1. The minimum atomic E-state index is -0.960. The highest BCUT2D eigenvalue weighted by molar-refractivity contribution is 5.87. The molecule has 0 saturated carbocycles. The largest absolute Gasteiger partial charge is 0.481 e. The fourth-order valence-electron chi connectivity index (χ4n) is 1.41. The second-order valence-electron chi connectivity index (χ2n) is 3.75. The number of hydrogen-bond acceptors (Lipinski definition) is 4. The molecular formula is C9H15N3O4. The van der Waals surface area contributed by atoms with Crippen molar-refractivity contribution in [1.29, 1.82) is 0 Å². The Morgan fingerprint density at radius 3 is 2.81 bits per heavy atom. The quantitative estimate of drug-likeness (QED) is 0.448. The summed E-state index contributed by atoms with van der Waals surface area (Å²) in [6.07, 6.45) is -0.120. The van der Waals surface area contributed by atoms with E-state index >= 15 is 0 Å². The molecule has 0 aromatic carbocycles. The van der Waals surface area contributed by atoms with Crippen LogP contribution in [-0.4, -0.2) is 48.1 Å². The maximum absolute atomic E-state index is 11.6. The standard InChI is InChI=1S/C9H15N3O4/c1-5(2-8(14)15)12-9(16)6-3-11-7(13)4-10-6/h5-6,10H,2-4H2,1H3,(H,11,13)(H,12,16)(H,14,15). The van der Waals surface area contributed by atoms with Crippen LogP contribution in [0.2, 0.25) is 0 Å². The van der Waals surface area contributed by atoms with Crippen LogP contribution in [0.15, 0.2) is 0 Å². The summed E-state index contributed by atoms with van der Waals surface area (Å²) in [5, 5.41) is 16.4. The van der Waals surface area contributed by atoms with Crippen molar-refractivity contribution < 1.29 is 19.5 Å². The molecule has 1 rings (SSSR count). The van der Waals surface area contributed by atoms with E-state index in [1.807, 2.05) is 0 Å². The first-order chi connectivity index (χ1) is 7.49. The van der Waals surface area contributed by atoms with Gasteiger partial charge in [-0.1, -0.05) is 0 Å². The first-order valence-corrected chi connectivity index (χ1v) is 5.01. The maximum atomic E-state index is 11.6. The molecule has 1 aliphatic heterocycles. The molecular weight excluding hydrogens is 214 g/mol. The molecule has 2 unspecified atom stereocenters. The highest BCUT2D eigenvalue weighted by atomic mass is 16.4. The van der Waals surface area contributed by atoms with Crippen LogP contribution in [0.4, 0.5) is 0 Å². The lowest BCUT2D eigenvalue weighted by molar-refractivity contribution is -0.137. The van der Waals surface area contributed by atoms with Crippen LogP contribution in [0.1, 0.15) is 13.3 Å². The Hall–Kier alpha value is -1.63. The fourth-order valence-corrected chi connectivity index (χ4v) is 1.41. The number of aliphatic carboxylic acids is 1. The van der Waals surface area contributed by atoms with Gasteiger partial charge in [0, 0.05) is 12.6 Å². The predicted octanol–water partition coefficient (Wildman–Crippen LogP) is -1.95. The second-order valence-corrected chi connectivity index (χ2v) is 3.75. The maximum Gasteiger partial charge on any atom is 0.305 e. The Kier molecular flexibility index (Phi) is 4.24. The number of piperazine rings is 1. The SMILES string of the molecule is CC(CC(=O)O)NC(=O)C1CNC(=O)CN1. The number of carbonyl (C=O) groups is 3. The summed E-state index contributed by atoms with van der Waals surface area (Å²) in [6.45, 7) is 1.95. The number of carboxylic acids is 1. The zero-order valence-electron chi connectivity index (χ0n) is 8.95. The van der Waals surface area contributed by atoms with Crippen LogP contribution in [0.3, 0.4) is 0 Å². The van der Waals surface area contributed by atoms with Gasteiger partial charge in [0.15, 0.2) is 0 Å². The van der Waals surface area contributed by atoms with Crippen LogP contribution < -0.4 is 16.0 Å². The van der Waals surface area contributed by atoms with Crippen LogP contribution in [-0.2, 0) is 14.4 Å². The lowest BCUT2D eigenvalue weighted by Crippen LogP contribution is -2.59. The van der Waals surface area contributed by atoms with E-state index in [0.717, 1.165) is 0 Å². The number of amides is 2. The molecule has 0 aromatic heterocycles. The Morgan fingerprint density at radius 2 is 2.31 bits per heavy atom. The van der Waals surface area contributed by atoms with Gasteiger partial charge in [-0.15, -0.1) is 0 Å². The monoisotopic (exact) mass is 229 g/mol. The molecule has 1 aliphatic rings. The van der Waals surface area contributed by atoms with Gasteiger partial charge in [-0.05, 0) is 6.92 Å². The summed E-state index contributed by atoms with van der Waals surface area (Å²) < 4.78 is 0. The van der Waals surface area contributed by atoms with E-state index in [9.17, 15) is 14.4 Å². The molecule has 0 spiro atoms. The van der Waals surface area contributed by atoms with Gasteiger partial charge in [-0.25, -0.2) is 0 Å². The number of hydrogen-bond donors (Lipinski definition) is 4. The van der Waals surface area contributed by atoms with E-state index in [0.29, 0.717) is 0 Å². The molecule has 0 aliphatic carbocycles. The Balaban J connectivity index is 2.34. The molecule has 1 fully saturated rings. The summed E-state index contributed by atoms with van der Waals surface area (Å²) in [5.74, 6) is -1.41. The smallest absolute Gasteiger partial charge is 0.305 e. The van der Waals surface area contributed by atoms with Gasteiger partial charge >= 0.3 is 5.97 Å². The van der Waals surface area contributed by atoms with Gasteiger partial charge in [-0.2, -0.15) is 0 Å². The normalized spacial score (nSPS) is 22.1. The van der Waals surface area contributed by atoms with Crippen molar-refractivity contribution in [3.8, 4) is 0 Å². The second kappa shape index (κ2) is 5.45. The van der Waals surface area contributed by atoms with Gasteiger partial charge < -0.3 is 15.7 Å². The minimum Gasteiger partial charge on any atom is -0.481 e. The number of carbonyl (C=O) groups excluding carboxylic acids is 2. The number of rotatable bonds is 4. The summed E-state index contributed by atoms with van der Waals surface area (Å²) in [7, 11) is 0. The Bertz CT molecular complexity index is 295. The molecule has 4 N–H and O–H groups in total. The van der Waals surface area contributed by atoms with Crippen molar-refractivity contribution in [2.75, 3.05) is 13.1 Å². The van der Waals surface area contributed by atoms with E-state index in [4.69, 9.17) is 5.11 Å². The first kappa shape index (κ1) is 12.4. The molecule has 0 aromatic rings. The van der Waals surface area contributed by atoms with Gasteiger partial charge in [0.2, 0.25) is 11.8 Å². The topological polar surface area (TPSA) is 108 Å². The Labute approximate surface area is 92.6 Å². The third-order valence-electron chi connectivity index (χ3n) is 2.20. The molecule has 7 nitrogen and oxygen atoms in total. The van der Waals surface area contributed by atoms with E-state index in [-0.39, 0.29) is 31.3 Å². The van der Waals surface area contributed by atoms with E-state index in [2.05, 4.69) is 16.0 Å². The van der Waals surface area contributed by atoms with Crippen molar-refractivity contribution in [3.05, 3.63) is 0 Å². The Morgan fingerprint density at radius 1 is 1.62 bits per heavy atom. The molecule has 7 heteroatoms. The van der Waals surface area contributed by atoms with Crippen LogP contribution >= 0.6 is 0 Å². The van der Waals surface area contributed by atoms with Gasteiger partial charge in [0.1, 0.15) is 6.04 Å². The molecule has 0 radical (unpaired) electrons. The minimum absolute atomic E-state index is 0.103. The predicted molar refractivity (Wildman–Crippen MR) is 54.7 cm³/mol. The summed E-state index contributed by atoms with van der Waals surface area (Å²) >= 11 is 0. The lowest BCUT2D eigenvalue weighted by atomic mass is 10.2. The van der Waals surface area contributed by atoms with Gasteiger partial charge in [-0.3, -0.25) is 19.7 Å². The molecule has 90 valence electrons. The first-order valence-electron chi connectivity index (χ1n) is 5.01. The highest BCUT2D eigenvalue weighted by Gasteiger charge is 2.24. The lowest BCUT2D eigenvalue weighted by Gasteiger charge is -2.24. The van der Waals surface area contributed by atoms with E-state index < -0.39 is 18.1 Å². The summed E-state index contributed by atoms with van der Waals surface area (Å²) in [6, 6.07) is -0.918. The molecule has 2 atom stereocenters. The van der Waals surface area contributed by atoms with Crippen LogP contribution in [0.25, 0.3) is 0 Å². The van der Waals surface area contributed by atoms with Crippen LogP contribution in [0.5, 0.6) is 0 Å². The summed E-state index contributed by atoms with van der Waals surface area (Å²) in [5.41, 5.74) is 0. The van der Waals surface area contributed by atoms with Crippen molar-refractivity contribution in [2.24, 2.45) is 0 Å². The fraction of sp³-hybridized carbons (Fsp3) is 0.667. The van der Waals surface area contributed by atoms with E-state index in [1.54, 1.807) is 6.92 Å². The molecule has 16 heavy (non-hydrogen) atoms. The van der Waals surface area contributed by atoms with Crippen molar-refractivity contribution in [1.82, 2.24) is 16.0 Å². The number of nitrogens with one attached hydrogen (secondary N) is 3. The third kappa shape index (κ3) is 3.85. The zero-order valence-corrected chi connectivity index (χ0v) is 8.95. The molecule has 1 saturated heterocycles. The number of carboxylic acid groups (broad SMARTS) is 1. The van der Waals surface area contributed by atoms with E-state index in [1.165, 1.54) is 0 Å². The molecule has 2 amide bonds.